The summed E-state index contributed by atoms with van der Waals surface area (Å²) in [6.45, 7) is 21.7. The Kier molecular flexibility index (Phi) is 15.5. The lowest BCUT2D eigenvalue weighted by Gasteiger charge is -2.32. The van der Waals surface area contributed by atoms with Crippen molar-refractivity contribution in [3.05, 3.63) is 230 Å². The standard InChI is InChI=1S/C76H80B2N2O4/c1-11-12-13-14-15-26-51-76(10)68-52-57(54-35-42-60(43-36-54)79(70-33-24-22-31-64(70)55-27-18-16-19-28-55)61-44-38-58(39-45-61)77-81-72(2,3)73(4,5)82-77)37-49-66(68)67-50-48-63(53-69(67)76)80(71-34-25-23-32-65(71)56-29-20-17-21-30-56)62-46-40-59(41-47-62)78-83-74(6,7)75(8,9)84-78/h16-25,27-50,52-53H,11-15,26,51H2,1-10H3. The third-order valence-electron chi connectivity index (χ3n) is 19.1. The predicted octanol–water partition coefficient (Wildman–Crippen LogP) is 19.3. The molecular formula is C76H80B2N2O4. The molecule has 9 aromatic carbocycles. The second kappa shape index (κ2) is 22.9. The van der Waals surface area contributed by atoms with Gasteiger partial charge >= 0.3 is 14.2 Å². The van der Waals surface area contributed by atoms with Crippen molar-refractivity contribution in [1.82, 2.24) is 0 Å². The minimum Gasteiger partial charge on any atom is -0.399 e. The highest BCUT2D eigenvalue weighted by atomic mass is 16.7. The molecule has 0 spiro atoms. The lowest BCUT2D eigenvalue weighted by Crippen LogP contribution is -2.41. The fourth-order valence-corrected chi connectivity index (χ4v) is 12.7. The molecule has 0 amide bonds. The first-order chi connectivity index (χ1) is 40.4. The molecule has 6 nitrogen and oxygen atoms in total. The molecule has 1 aliphatic carbocycles. The maximum Gasteiger partial charge on any atom is 0.494 e. The molecule has 1 atom stereocenters. The van der Waals surface area contributed by atoms with E-state index in [0.29, 0.717) is 0 Å². The van der Waals surface area contributed by atoms with E-state index in [-0.39, 0.29) is 5.41 Å². The van der Waals surface area contributed by atoms with E-state index in [9.17, 15) is 0 Å². The first-order valence-electron chi connectivity index (χ1n) is 30.7. The van der Waals surface area contributed by atoms with E-state index in [1.54, 1.807) is 0 Å². The number of unbranched alkanes of at least 4 members (excludes halogenated alkanes) is 5. The zero-order chi connectivity index (χ0) is 58.4. The first kappa shape index (κ1) is 57.0. The summed E-state index contributed by atoms with van der Waals surface area (Å²) in [5, 5.41) is 0. The van der Waals surface area contributed by atoms with Crippen LogP contribution in [0, 0.1) is 0 Å². The molecule has 84 heavy (non-hydrogen) atoms. The van der Waals surface area contributed by atoms with Crippen molar-refractivity contribution in [3.8, 4) is 44.5 Å². The van der Waals surface area contributed by atoms with Crippen LogP contribution in [0.5, 0.6) is 0 Å². The molecule has 2 fully saturated rings. The van der Waals surface area contributed by atoms with Gasteiger partial charge in [-0.25, -0.2) is 0 Å². The molecule has 0 N–H and O–H groups in total. The lowest BCUT2D eigenvalue weighted by molar-refractivity contribution is 0.00578. The molecule has 9 aromatic rings. The maximum atomic E-state index is 6.54. The van der Waals surface area contributed by atoms with Gasteiger partial charge in [0.25, 0.3) is 0 Å². The SMILES string of the molecule is CCCCCCCCC1(C)c2cc(-c3ccc(N(c4ccc(B5OC(C)(C)C(C)(C)O5)cc4)c4ccccc4-c4ccccc4)cc3)ccc2-c2ccc(N(c3ccc(B4OC(C)(C)C(C)(C)O4)cc3)c3ccccc3-c3ccccc3)cc21. The zero-order valence-corrected chi connectivity index (χ0v) is 50.9. The number of nitrogens with zero attached hydrogens (tertiary/aromatic N) is 2. The molecule has 1 unspecified atom stereocenters. The molecule has 2 aliphatic heterocycles. The van der Waals surface area contributed by atoms with E-state index in [4.69, 9.17) is 18.6 Å². The summed E-state index contributed by atoms with van der Waals surface area (Å²) in [7, 11) is -0.897. The monoisotopic (exact) mass is 1110 g/mol. The van der Waals surface area contributed by atoms with Gasteiger partial charge in [-0.05, 0) is 184 Å². The number of hydrogen-bond acceptors (Lipinski definition) is 6. The number of para-hydroxylation sites is 2. The molecule has 0 saturated carbocycles. The zero-order valence-electron chi connectivity index (χ0n) is 50.9. The van der Waals surface area contributed by atoms with E-state index < -0.39 is 36.6 Å². The normalized spacial score (nSPS) is 17.9. The van der Waals surface area contributed by atoms with Crippen molar-refractivity contribution >= 4 is 59.3 Å². The Hall–Kier alpha value is -7.45. The average Bonchev–Trinajstić information content (AvgIpc) is 1.92. The van der Waals surface area contributed by atoms with E-state index in [1.807, 2.05) is 0 Å². The van der Waals surface area contributed by atoms with Crippen LogP contribution >= 0.6 is 0 Å². The molecule has 424 valence electrons. The van der Waals surface area contributed by atoms with Crippen LogP contribution in [0.3, 0.4) is 0 Å². The highest BCUT2D eigenvalue weighted by Gasteiger charge is 2.53. The second-order valence-corrected chi connectivity index (χ2v) is 25.7. The molecular weight excluding hydrogens is 1030 g/mol. The molecule has 2 saturated heterocycles. The Morgan fingerprint density at radius 1 is 0.321 bits per heavy atom. The third kappa shape index (κ3) is 10.8. The van der Waals surface area contributed by atoms with Crippen LogP contribution in [0.1, 0.15) is 125 Å². The minimum absolute atomic E-state index is 0.239. The first-order valence-corrected chi connectivity index (χ1v) is 30.7. The van der Waals surface area contributed by atoms with E-state index in [1.165, 1.54) is 76.6 Å². The number of fused-ring (bicyclic) bond motifs is 3. The quantitative estimate of drug-likeness (QED) is 0.0630. The topological polar surface area (TPSA) is 43.4 Å². The molecule has 0 bridgehead atoms. The predicted molar refractivity (Wildman–Crippen MR) is 353 cm³/mol. The number of anilines is 6. The summed E-state index contributed by atoms with van der Waals surface area (Å²) in [4.78, 5) is 4.83. The van der Waals surface area contributed by atoms with Crippen molar-refractivity contribution in [2.75, 3.05) is 9.80 Å². The van der Waals surface area contributed by atoms with Gasteiger partial charge in [0, 0.05) is 39.3 Å². The van der Waals surface area contributed by atoms with Crippen molar-refractivity contribution in [3.63, 3.8) is 0 Å². The summed E-state index contributed by atoms with van der Waals surface area (Å²) in [5.41, 5.74) is 19.0. The Balaban J connectivity index is 0.918. The van der Waals surface area contributed by atoms with Crippen LogP contribution in [-0.2, 0) is 24.0 Å². The molecule has 0 radical (unpaired) electrons. The molecule has 2 heterocycles. The van der Waals surface area contributed by atoms with Crippen LogP contribution in [-0.4, -0.2) is 36.6 Å². The van der Waals surface area contributed by atoms with Gasteiger partial charge in [0.1, 0.15) is 0 Å². The van der Waals surface area contributed by atoms with Crippen LogP contribution in [0.4, 0.5) is 34.1 Å². The van der Waals surface area contributed by atoms with Crippen molar-refractivity contribution in [2.45, 2.75) is 142 Å². The number of rotatable bonds is 18. The van der Waals surface area contributed by atoms with Crippen LogP contribution in [0.25, 0.3) is 44.5 Å². The van der Waals surface area contributed by atoms with Crippen LogP contribution < -0.4 is 20.7 Å². The van der Waals surface area contributed by atoms with Gasteiger partial charge in [0.2, 0.25) is 0 Å². The van der Waals surface area contributed by atoms with E-state index in [0.717, 1.165) is 69.0 Å². The fraction of sp³-hybridized carbons (Fsp3) is 0.289. The molecule has 0 aromatic heterocycles. The van der Waals surface area contributed by atoms with Gasteiger partial charge in [-0.1, -0.05) is 204 Å². The van der Waals surface area contributed by atoms with Gasteiger partial charge < -0.3 is 28.4 Å². The Labute approximate surface area is 501 Å². The van der Waals surface area contributed by atoms with Gasteiger partial charge in [-0.2, -0.15) is 0 Å². The Morgan fingerprint density at radius 3 is 1.17 bits per heavy atom. The van der Waals surface area contributed by atoms with Gasteiger partial charge in [-0.15, -0.1) is 0 Å². The highest BCUT2D eigenvalue weighted by molar-refractivity contribution is 6.62. The van der Waals surface area contributed by atoms with Gasteiger partial charge in [-0.3, -0.25) is 0 Å². The van der Waals surface area contributed by atoms with Gasteiger partial charge in [0.05, 0.1) is 33.8 Å². The summed E-state index contributed by atoms with van der Waals surface area (Å²) >= 11 is 0. The highest BCUT2D eigenvalue weighted by Crippen LogP contribution is 2.55. The summed E-state index contributed by atoms with van der Waals surface area (Å²) < 4.78 is 26.1. The molecule has 3 aliphatic rings. The molecule has 12 rings (SSSR count). The lowest BCUT2D eigenvalue weighted by atomic mass is 9.75. The summed E-state index contributed by atoms with van der Waals surface area (Å²) in [5.74, 6) is 0. The number of hydrogen-bond donors (Lipinski definition) is 0. The second-order valence-electron chi connectivity index (χ2n) is 25.7. The fourth-order valence-electron chi connectivity index (χ4n) is 12.7. The Morgan fingerprint density at radius 2 is 0.690 bits per heavy atom. The van der Waals surface area contributed by atoms with E-state index >= 15 is 0 Å². The third-order valence-corrected chi connectivity index (χ3v) is 19.1. The summed E-state index contributed by atoms with van der Waals surface area (Å²) in [6, 6.07) is 80.2. The smallest absolute Gasteiger partial charge is 0.399 e. The minimum atomic E-state index is -0.451. The van der Waals surface area contributed by atoms with Crippen molar-refractivity contribution in [2.24, 2.45) is 0 Å². The largest absolute Gasteiger partial charge is 0.494 e. The maximum absolute atomic E-state index is 6.54. The average molecular weight is 1110 g/mol. The van der Waals surface area contributed by atoms with Crippen LogP contribution in [0.2, 0.25) is 0 Å². The van der Waals surface area contributed by atoms with Crippen molar-refractivity contribution < 1.29 is 18.6 Å². The van der Waals surface area contributed by atoms with Crippen molar-refractivity contribution in [1.29, 1.82) is 0 Å². The van der Waals surface area contributed by atoms with Crippen LogP contribution in [0.15, 0.2) is 218 Å². The summed E-state index contributed by atoms with van der Waals surface area (Å²) in [6.07, 6.45) is 8.51. The van der Waals surface area contributed by atoms with Gasteiger partial charge in [0.15, 0.2) is 0 Å². The number of benzene rings is 9. The molecule has 8 heteroatoms. The van der Waals surface area contributed by atoms with E-state index in [2.05, 4.69) is 297 Å². The Bertz CT molecular complexity index is 3740.